The second-order valence-electron chi connectivity index (χ2n) is 8.77. The first-order valence-electron chi connectivity index (χ1n) is 10.8. The van der Waals surface area contributed by atoms with Gasteiger partial charge in [0.15, 0.2) is 0 Å². The molecule has 4 N–H and O–H groups in total. The highest BCUT2D eigenvalue weighted by Gasteiger charge is 2.52. The molecule has 2 amide bonds. The number of nitrogens with two attached hydrogens (primary N) is 1. The molecule has 0 aromatic heterocycles. The molecular formula is C20H37N5O3. The monoisotopic (exact) mass is 395 g/mol. The molecule has 6 unspecified atom stereocenters. The summed E-state index contributed by atoms with van der Waals surface area (Å²) in [5.41, 5.74) is 6.56. The van der Waals surface area contributed by atoms with E-state index in [0.29, 0.717) is 25.5 Å². The lowest BCUT2D eigenvalue weighted by Crippen LogP contribution is -2.75. The van der Waals surface area contributed by atoms with Crippen LogP contribution < -0.4 is 16.4 Å². The standard InChI is InChI=1S/C20H37N5O3/c1-12(2)28-10-6-9-24-16(21)14(19(26)22-4)11-15-18(24)23-17-13(3)7-5-8-25(17)20(15)27/h12-18,23H,5-11,21H2,1-4H3,(H,22,26). The van der Waals surface area contributed by atoms with Crippen molar-refractivity contribution >= 4 is 11.8 Å². The van der Waals surface area contributed by atoms with E-state index in [1.54, 1.807) is 7.05 Å². The summed E-state index contributed by atoms with van der Waals surface area (Å²) in [5.74, 6) is -0.130. The van der Waals surface area contributed by atoms with Gasteiger partial charge in [-0.1, -0.05) is 6.92 Å². The number of fused-ring (bicyclic) bond motifs is 2. The highest BCUT2D eigenvalue weighted by atomic mass is 16.5. The van der Waals surface area contributed by atoms with Gasteiger partial charge >= 0.3 is 0 Å². The van der Waals surface area contributed by atoms with Crippen molar-refractivity contribution in [3.63, 3.8) is 0 Å². The Morgan fingerprint density at radius 1 is 1.39 bits per heavy atom. The van der Waals surface area contributed by atoms with Gasteiger partial charge in [0.05, 0.1) is 36.4 Å². The Balaban J connectivity index is 1.80. The molecule has 3 rings (SSSR count). The van der Waals surface area contributed by atoms with Gasteiger partial charge in [-0.15, -0.1) is 0 Å². The van der Waals surface area contributed by atoms with E-state index in [4.69, 9.17) is 10.5 Å². The van der Waals surface area contributed by atoms with E-state index in [-0.39, 0.29) is 42.1 Å². The average Bonchev–Trinajstić information content (AvgIpc) is 2.66. The van der Waals surface area contributed by atoms with Crippen molar-refractivity contribution in [1.82, 2.24) is 20.4 Å². The number of nitrogens with one attached hydrogen (secondary N) is 2. The van der Waals surface area contributed by atoms with Gasteiger partial charge in [0.25, 0.3) is 0 Å². The minimum atomic E-state index is -0.411. The van der Waals surface area contributed by atoms with E-state index in [9.17, 15) is 9.59 Å². The summed E-state index contributed by atoms with van der Waals surface area (Å²) in [4.78, 5) is 29.9. The summed E-state index contributed by atoms with van der Waals surface area (Å²) in [6, 6.07) is 0. The Morgan fingerprint density at radius 2 is 2.14 bits per heavy atom. The maximum absolute atomic E-state index is 13.3. The predicted molar refractivity (Wildman–Crippen MR) is 107 cm³/mol. The number of ether oxygens (including phenoxy) is 1. The number of likely N-dealkylation sites (tertiary alicyclic amines) is 1. The van der Waals surface area contributed by atoms with Crippen LogP contribution in [-0.2, 0) is 14.3 Å². The average molecular weight is 396 g/mol. The van der Waals surface area contributed by atoms with E-state index in [1.807, 2.05) is 18.7 Å². The maximum Gasteiger partial charge on any atom is 0.229 e. The fraction of sp³-hybridized carbons (Fsp3) is 0.900. The van der Waals surface area contributed by atoms with Gasteiger partial charge in [-0.25, -0.2) is 0 Å². The van der Waals surface area contributed by atoms with Gasteiger partial charge in [0.2, 0.25) is 11.8 Å². The van der Waals surface area contributed by atoms with Gasteiger partial charge in [0.1, 0.15) is 0 Å². The molecule has 28 heavy (non-hydrogen) atoms. The molecular weight excluding hydrogens is 358 g/mol. The highest BCUT2D eigenvalue weighted by molar-refractivity contribution is 5.84. The number of amides is 2. The van der Waals surface area contributed by atoms with Crippen molar-refractivity contribution in [1.29, 1.82) is 0 Å². The fourth-order valence-corrected chi connectivity index (χ4v) is 5.02. The van der Waals surface area contributed by atoms with E-state index in [2.05, 4.69) is 22.5 Å². The molecule has 0 bridgehead atoms. The summed E-state index contributed by atoms with van der Waals surface area (Å²) in [7, 11) is 1.63. The zero-order valence-electron chi connectivity index (χ0n) is 17.7. The SMILES string of the molecule is CNC(=O)C1CC2C(=O)N3CCCC(C)C3NC2N(CCCOC(C)C)C1N. The molecule has 0 radical (unpaired) electrons. The van der Waals surface area contributed by atoms with Crippen LogP contribution in [0.4, 0.5) is 0 Å². The van der Waals surface area contributed by atoms with E-state index in [1.165, 1.54) is 0 Å². The molecule has 160 valence electrons. The molecule has 0 saturated carbocycles. The van der Waals surface area contributed by atoms with Crippen molar-refractivity contribution in [2.45, 2.75) is 71.1 Å². The van der Waals surface area contributed by atoms with Gasteiger partial charge < -0.3 is 20.7 Å². The van der Waals surface area contributed by atoms with E-state index < -0.39 is 6.17 Å². The number of carbonyl (C=O) groups excluding carboxylic acids is 2. The van der Waals surface area contributed by atoms with Crippen LogP contribution in [-0.4, -0.2) is 73.0 Å². The van der Waals surface area contributed by atoms with Crippen LogP contribution >= 0.6 is 0 Å². The normalized spacial score (nSPS) is 36.2. The third kappa shape index (κ3) is 4.20. The largest absolute Gasteiger partial charge is 0.379 e. The molecule has 3 saturated heterocycles. The van der Waals surface area contributed by atoms with Crippen LogP contribution in [0.1, 0.15) is 46.5 Å². The summed E-state index contributed by atoms with van der Waals surface area (Å²) in [6.45, 7) is 8.37. The van der Waals surface area contributed by atoms with Crippen LogP contribution in [0.15, 0.2) is 0 Å². The second kappa shape index (κ2) is 9.07. The molecule has 3 aliphatic heterocycles. The number of hydrogen-bond donors (Lipinski definition) is 3. The lowest BCUT2D eigenvalue weighted by Gasteiger charge is -2.56. The third-order valence-electron chi connectivity index (χ3n) is 6.51. The molecule has 0 spiro atoms. The number of nitrogens with zero attached hydrogens (tertiary/aromatic N) is 2. The summed E-state index contributed by atoms with van der Waals surface area (Å²) in [5, 5.41) is 6.45. The minimum absolute atomic E-state index is 0.0562. The Hall–Kier alpha value is -1.22. The first-order valence-corrected chi connectivity index (χ1v) is 10.8. The molecule has 6 atom stereocenters. The number of hydrogen-bond acceptors (Lipinski definition) is 6. The first kappa shape index (κ1) is 21.5. The summed E-state index contributed by atoms with van der Waals surface area (Å²) < 4.78 is 5.68. The Kier molecular flexibility index (Phi) is 6.96. The lowest BCUT2D eigenvalue weighted by atomic mass is 9.79. The maximum atomic E-state index is 13.3. The molecule has 0 aromatic carbocycles. The minimum Gasteiger partial charge on any atom is -0.379 e. The number of rotatable bonds is 6. The van der Waals surface area contributed by atoms with Crippen molar-refractivity contribution in [2.75, 3.05) is 26.7 Å². The quantitative estimate of drug-likeness (QED) is 0.559. The Morgan fingerprint density at radius 3 is 2.82 bits per heavy atom. The van der Waals surface area contributed by atoms with E-state index >= 15 is 0 Å². The smallest absolute Gasteiger partial charge is 0.229 e. The molecule has 3 heterocycles. The Bertz CT molecular complexity index is 572. The van der Waals surface area contributed by atoms with Gasteiger partial charge in [-0.05, 0) is 45.4 Å². The number of piperidine rings is 2. The van der Waals surface area contributed by atoms with Crippen LogP contribution in [0.5, 0.6) is 0 Å². The van der Waals surface area contributed by atoms with Crippen LogP contribution in [0.3, 0.4) is 0 Å². The van der Waals surface area contributed by atoms with Gasteiger partial charge in [-0.2, -0.15) is 0 Å². The molecule has 3 fully saturated rings. The molecule has 3 aliphatic rings. The topological polar surface area (TPSA) is 99.9 Å². The molecule has 0 aliphatic carbocycles. The van der Waals surface area contributed by atoms with Gasteiger partial charge in [-0.3, -0.25) is 19.8 Å². The number of carbonyl (C=O) groups is 2. The zero-order chi connectivity index (χ0) is 20.4. The molecule has 8 nitrogen and oxygen atoms in total. The fourth-order valence-electron chi connectivity index (χ4n) is 5.02. The predicted octanol–water partition coefficient (Wildman–Crippen LogP) is 0.284. The highest BCUT2D eigenvalue weighted by Crippen LogP contribution is 2.37. The van der Waals surface area contributed by atoms with Crippen molar-refractivity contribution < 1.29 is 14.3 Å². The van der Waals surface area contributed by atoms with Crippen LogP contribution in [0.2, 0.25) is 0 Å². The first-order chi connectivity index (χ1) is 13.3. The van der Waals surface area contributed by atoms with Gasteiger partial charge in [0, 0.05) is 26.7 Å². The van der Waals surface area contributed by atoms with Crippen LogP contribution in [0, 0.1) is 17.8 Å². The summed E-state index contributed by atoms with van der Waals surface area (Å²) >= 11 is 0. The van der Waals surface area contributed by atoms with E-state index in [0.717, 1.165) is 25.8 Å². The van der Waals surface area contributed by atoms with Crippen molar-refractivity contribution in [2.24, 2.45) is 23.5 Å². The second-order valence-corrected chi connectivity index (χ2v) is 8.77. The Labute approximate surface area is 168 Å². The summed E-state index contributed by atoms with van der Waals surface area (Å²) in [6.07, 6.45) is 3.18. The molecule has 0 aromatic rings. The zero-order valence-corrected chi connectivity index (χ0v) is 17.7. The van der Waals surface area contributed by atoms with Crippen LogP contribution in [0.25, 0.3) is 0 Å². The lowest BCUT2D eigenvalue weighted by molar-refractivity contribution is -0.165. The van der Waals surface area contributed by atoms with Crippen molar-refractivity contribution in [3.05, 3.63) is 0 Å². The third-order valence-corrected chi connectivity index (χ3v) is 6.51. The van der Waals surface area contributed by atoms with Crippen molar-refractivity contribution in [3.8, 4) is 0 Å². The molecule has 8 heteroatoms.